The first-order valence-corrected chi connectivity index (χ1v) is 18.2. The molecule has 0 spiro atoms. The minimum Gasteiger partial charge on any atom is -0.494 e. The number of hydrogen-bond donors (Lipinski definition) is 2. The van der Waals surface area contributed by atoms with E-state index in [4.69, 9.17) is 24.3 Å². The van der Waals surface area contributed by atoms with Crippen molar-refractivity contribution in [2.24, 2.45) is 7.05 Å². The van der Waals surface area contributed by atoms with E-state index < -0.39 is 5.60 Å². The first kappa shape index (κ1) is 36.9. The van der Waals surface area contributed by atoms with Crippen LogP contribution < -0.4 is 15.0 Å². The number of amides is 1. The smallest absolute Gasteiger partial charge is 0.410 e. The molecule has 1 amide bonds. The van der Waals surface area contributed by atoms with Crippen LogP contribution in [-0.2, 0) is 16.5 Å². The van der Waals surface area contributed by atoms with Crippen LogP contribution in [0.1, 0.15) is 86.5 Å². The van der Waals surface area contributed by atoms with E-state index in [0.717, 1.165) is 63.8 Å². The van der Waals surface area contributed by atoms with Crippen molar-refractivity contribution in [2.75, 3.05) is 37.0 Å². The first-order valence-electron chi connectivity index (χ1n) is 18.2. The third kappa shape index (κ3) is 7.79. The van der Waals surface area contributed by atoms with E-state index in [-0.39, 0.29) is 23.8 Å². The van der Waals surface area contributed by atoms with Crippen molar-refractivity contribution in [3.05, 3.63) is 48.5 Å². The number of ether oxygens (including phenoxy) is 3. The van der Waals surface area contributed by atoms with E-state index in [0.29, 0.717) is 37.0 Å². The first-order chi connectivity index (χ1) is 24.7. The summed E-state index contributed by atoms with van der Waals surface area (Å²) in [5, 5.41) is 12.4. The Labute approximate surface area is 306 Å². The van der Waals surface area contributed by atoms with Gasteiger partial charge in [-0.05, 0) is 73.1 Å². The highest BCUT2D eigenvalue weighted by molar-refractivity contribution is 5.94. The minimum absolute atomic E-state index is 0.0325. The van der Waals surface area contributed by atoms with E-state index in [1.807, 2.05) is 50.9 Å². The standard InChI is InChI=1S/C39H53N9O4/c1-11-12-16-31(51-38(3,4)5)33-25-19-29(32(50-10)20-28(25)44-45-33)42-35-26(21-40-23-41-35)36-43-27-14-13-15-30(34(27)46(36)9)47-17-18-48(24(2)22-47)37(49)52-39(6,7)8/h13-15,19-21,23-24,31H,11-12,16-18,22H2,1-10H3,(H,44,45)(H,40,41,42)/t24-,31?/m0/s1. The molecule has 1 saturated heterocycles. The van der Waals surface area contributed by atoms with Gasteiger partial charge in [-0.2, -0.15) is 5.10 Å². The predicted molar refractivity (Wildman–Crippen MR) is 205 cm³/mol. The number of imidazole rings is 1. The summed E-state index contributed by atoms with van der Waals surface area (Å²) in [6, 6.07) is 10.1. The van der Waals surface area contributed by atoms with E-state index in [9.17, 15) is 4.79 Å². The van der Waals surface area contributed by atoms with Gasteiger partial charge in [0.1, 0.15) is 35.4 Å². The molecule has 5 aromatic rings. The number of aromatic amines is 1. The van der Waals surface area contributed by atoms with Gasteiger partial charge < -0.3 is 33.9 Å². The number of para-hydroxylation sites is 1. The van der Waals surface area contributed by atoms with Crippen molar-refractivity contribution in [1.29, 1.82) is 0 Å². The molecule has 2 aromatic carbocycles. The van der Waals surface area contributed by atoms with Crippen LogP contribution in [0.4, 0.5) is 22.0 Å². The van der Waals surface area contributed by atoms with Crippen molar-refractivity contribution >= 4 is 45.2 Å². The molecule has 0 radical (unpaired) electrons. The van der Waals surface area contributed by atoms with Gasteiger partial charge in [-0.3, -0.25) is 5.10 Å². The molecule has 3 aromatic heterocycles. The zero-order valence-electron chi connectivity index (χ0n) is 32.2. The molecule has 1 fully saturated rings. The van der Waals surface area contributed by atoms with Crippen LogP contribution in [0.15, 0.2) is 42.9 Å². The molecule has 4 heterocycles. The Balaban J connectivity index is 1.33. The Kier molecular flexibility index (Phi) is 10.4. The maximum atomic E-state index is 12.9. The number of rotatable bonds is 10. The van der Waals surface area contributed by atoms with Gasteiger partial charge in [0.2, 0.25) is 0 Å². The number of unbranched alkanes of at least 4 members (excludes halogenated alkanes) is 1. The second kappa shape index (κ2) is 14.6. The third-order valence-electron chi connectivity index (χ3n) is 9.21. The Morgan fingerprint density at radius 1 is 1.12 bits per heavy atom. The molecule has 52 heavy (non-hydrogen) atoms. The molecule has 2 N–H and O–H groups in total. The highest BCUT2D eigenvalue weighted by Gasteiger charge is 2.32. The lowest BCUT2D eigenvalue weighted by Gasteiger charge is -2.41. The van der Waals surface area contributed by atoms with E-state index in [2.05, 4.69) is 76.6 Å². The van der Waals surface area contributed by atoms with Crippen LogP contribution in [0, 0.1) is 0 Å². The molecule has 0 bridgehead atoms. The summed E-state index contributed by atoms with van der Waals surface area (Å²) in [6.45, 7) is 18.0. The molecule has 13 nitrogen and oxygen atoms in total. The Hall–Kier alpha value is -4.91. The van der Waals surface area contributed by atoms with Crippen LogP contribution in [0.25, 0.3) is 33.3 Å². The lowest BCUT2D eigenvalue weighted by molar-refractivity contribution is -0.0670. The molecule has 13 heteroatoms. The molecule has 0 aliphatic carbocycles. The van der Waals surface area contributed by atoms with Crippen LogP contribution in [0.5, 0.6) is 5.75 Å². The number of methoxy groups -OCH3 is 1. The van der Waals surface area contributed by atoms with Gasteiger partial charge in [0.05, 0.1) is 51.9 Å². The van der Waals surface area contributed by atoms with Gasteiger partial charge in [-0.25, -0.2) is 19.7 Å². The van der Waals surface area contributed by atoms with Crippen molar-refractivity contribution in [1.82, 2.24) is 34.6 Å². The maximum Gasteiger partial charge on any atom is 0.410 e. The number of H-pyrrole nitrogens is 1. The molecule has 1 aliphatic heterocycles. The van der Waals surface area contributed by atoms with Crippen molar-refractivity contribution in [2.45, 2.75) is 98.0 Å². The van der Waals surface area contributed by atoms with Gasteiger partial charge in [-0.1, -0.05) is 25.8 Å². The maximum absolute atomic E-state index is 12.9. The fourth-order valence-electron chi connectivity index (χ4n) is 6.88. The van der Waals surface area contributed by atoms with E-state index in [1.165, 1.54) is 6.33 Å². The van der Waals surface area contributed by atoms with Crippen molar-refractivity contribution < 1.29 is 19.0 Å². The number of piperazine rings is 1. The van der Waals surface area contributed by atoms with Gasteiger partial charge in [-0.15, -0.1) is 0 Å². The molecule has 1 aliphatic rings. The van der Waals surface area contributed by atoms with Gasteiger partial charge in [0, 0.05) is 50.4 Å². The summed E-state index contributed by atoms with van der Waals surface area (Å²) in [5.41, 5.74) is 5.23. The number of fused-ring (bicyclic) bond motifs is 2. The second-order valence-corrected chi connectivity index (χ2v) is 15.6. The highest BCUT2D eigenvalue weighted by Crippen LogP contribution is 2.40. The van der Waals surface area contributed by atoms with E-state index in [1.54, 1.807) is 13.3 Å². The predicted octanol–water partition coefficient (Wildman–Crippen LogP) is 8.15. The fraction of sp³-hybridized carbons (Fsp3) is 0.513. The number of hydrogen-bond acceptors (Lipinski definition) is 10. The van der Waals surface area contributed by atoms with Crippen LogP contribution in [-0.4, -0.2) is 84.7 Å². The Morgan fingerprint density at radius 3 is 2.60 bits per heavy atom. The van der Waals surface area contributed by atoms with E-state index >= 15 is 0 Å². The average Bonchev–Trinajstić information content (AvgIpc) is 3.65. The van der Waals surface area contributed by atoms with Crippen LogP contribution in [0.2, 0.25) is 0 Å². The highest BCUT2D eigenvalue weighted by atomic mass is 16.6. The van der Waals surface area contributed by atoms with Gasteiger partial charge in [0.15, 0.2) is 0 Å². The SMILES string of the molecule is CCCCC(OC(C)(C)C)c1n[nH]c2cc(OC)c(Nc3ncncc3-c3nc4cccc(N5CCN(C(=O)OC(C)(C)C)[C@@H](C)C5)c4n3C)cc12. The molecule has 0 saturated carbocycles. The van der Waals surface area contributed by atoms with Crippen molar-refractivity contribution in [3.63, 3.8) is 0 Å². The molecular formula is C39H53N9O4. The number of aryl methyl sites for hydroxylation is 1. The summed E-state index contributed by atoms with van der Waals surface area (Å²) >= 11 is 0. The number of nitrogens with zero attached hydrogens (tertiary/aromatic N) is 7. The summed E-state index contributed by atoms with van der Waals surface area (Å²) < 4.78 is 20.2. The molecular weight excluding hydrogens is 658 g/mol. The molecule has 2 atom stereocenters. The summed E-state index contributed by atoms with van der Waals surface area (Å²) in [5.74, 6) is 1.94. The average molecular weight is 712 g/mol. The van der Waals surface area contributed by atoms with Gasteiger partial charge in [0.25, 0.3) is 0 Å². The monoisotopic (exact) mass is 711 g/mol. The molecule has 278 valence electrons. The third-order valence-corrected chi connectivity index (χ3v) is 9.21. The number of carbonyl (C=O) groups excluding carboxylic acids is 1. The molecule has 6 rings (SSSR count). The summed E-state index contributed by atoms with van der Waals surface area (Å²) in [4.78, 5) is 31.2. The number of aromatic nitrogens is 6. The Bertz CT molecular complexity index is 2040. The van der Waals surface area contributed by atoms with Gasteiger partial charge >= 0.3 is 6.09 Å². The molecule has 1 unspecified atom stereocenters. The lowest BCUT2D eigenvalue weighted by Crippen LogP contribution is -2.55. The van der Waals surface area contributed by atoms with Crippen molar-refractivity contribution in [3.8, 4) is 17.1 Å². The quantitative estimate of drug-likeness (QED) is 0.146. The summed E-state index contributed by atoms with van der Waals surface area (Å²) in [6.07, 6.45) is 5.83. The number of carbonyl (C=O) groups is 1. The number of benzene rings is 2. The largest absolute Gasteiger partial charge is 0.494 e. The normalized spacial score (nSPS) is 16.1. The number of nitrogens with one attached hydrogen (secondary N) is 2. The fourth-order valence-corrected chi connectivity index (χ4v) is 6.88. The topological polar surface area (TPSA) is 136 Å². The minimum atomic E-state index is -0.544. The summed E-state index contributed by atoms with van der Waals surface area (Å²) in [7, 11) is 3.67. The number of anilines is 3. The van der Waals surface area contributed by atoms with Crippen LogP contribution in [0.3, 0.4) is 0 Å². The Morgan fingerprint density at radius 2 is 1.90 bits per heavy atom. The second-order valence-electron chi connectivity index (χ2n) is 15.6. The van der Waals surface area contributed by atoms with Crippen LogP contribution >= 0.6 is 0 Å². The zero-order valence-corrected chi connectivity index (χ0v) is 32.2. The zero-order chi connectivity index (χ0) is 37.4. The lowest BCUT2D eigenvalue weighted by atomic mass is 10.0.